The maximum atomic E-state index is 6.02. The van der Waals surface area contributed by atoms with Gasteiger partial charge in [0.25, 0.3) is 0 Å². The van der Waals surface area contributed by atoms with Gasteiger partial charge in [-0.2, -0.15) is 0 Å². The van der Waals surface area contributed by atoms with E-state index in [4.69, 9.17) is 22.1 Å². The van der Waals surface area contributed by atoms with E-state index in [0.717, 1.165) is 63.0 Å². The highest BCUT2D eigenvalue weighted by Gasteiger charge is 2.33. The van der Waals surface area contributed by atoms with Crippen LogP contribution in [0.2, 0.25) is 5.02 Å². The van der Waals surface area contributed by atoms with E-state index in [1.54, 1.807) is 0 Å². The molecule has 4 rings (SSSR count). The number of nitrogens with zero attached hydrogens (tertiary/aromatic N) is 4. The second-order valence-corrected chi connectivity index (χ2v) is 7.74. The third-order valence-corrected chi connectivity index (χ3v) is 5.84. The van der Waals surface area contributed by atoms with E-state index in [-0.39, 0.29) is 0 Å². The molecule has 3 aliphatic rings. The molecule has 1 unspecified atom stereocenters. The van der Waals surface area contributed by atoms with E-state index in [1.807, 2.05) is 12.1 Å². The summed E-state index contributed by atoms with van der Waals surface area (Å²) in [4.78, 5) is 5.01. The molecule has 2 saturated heterocycles. The fourth-order valence-corrected chi connectivity index (χ4v) is 4.33. The van der Waals surface area contributed by atoms with E-state index >= 15 is 0 Å². The summed E-state index contributed by atoms with van der Waals surface area (Å²) in [7, 11) is 0. The number of rotatable bonds is 3. The van der Waals surface area contributed by atoms with Crippen molar-refractivity contribution < 1.29 is 4.74 Å². The van der Waals surface area contributed by atoms with Gasteiger partial charge in [0.15, 0.2) is 0 Å². The lowest BCUT2D eigenvalue weighted by Gasteiger charge is -2.45. The van der Waals surface area contributed by atoms with E-state index in [0.29, 0.717) is 24.3 Å². The summed E-state index contributed by atoms with van der Waals surface area (Å²) < 4.78 is 5.79. The number of nitrogens with two attached hydrogens (primary N) is 1. The Balaban J connectivity index is 1.35. The van der Waals surface area contributed by atoms with Crippen molar-refractivity contribution in [3.8, 4) is 0 Å². The minimum Gasteiger partial charge on any atom is -0.385 e. The lowest BCUT2D eigenvalue weighted by atomic mass is 9.97. The van der Waals surface area contributed by atoms with Crippen LogP contribution in [0.5, 0.6) is 0 Å². The zero-order chi connectivity index (χ0) is 17.9. The van der Waals surface area contributed by atoms with Gasteiger partial charge in [-0.25, -0.2) is 0 Å². The summed E-state index contributed by atoms with van der Waals surface area (Å²) >= 11 is 6.02. The number of ether oxygens (including phenoxy) is 1. The van der Waals surface area contributed by atoms with E-state index in [9.17, 15) is 0 Å². The molecule has 26 heavy (non-hydrogen) atoms. The average Bonchev–Trinajstić information content (AvgIpc) is 3.11. The van der Waals surface area contributed by atoms with E-state index in [1.165, 1.54) is 5.56 Å². The minimum atomic E-state index is 0.435. The number of halogens is 1. The first-order chi connectivity index (χ1) is 12.7. The number of hydrogen-bond acceptors (Lipinski definition) is 6. The smallest absolute Gasteiger partial charge is 0.135 e. The van der Waals surface area contributed by atoms with Crippen LogP contribution in [0.25, 0.3) is 0 Å². The number of hydrogen-bond donors (Lipinski definition) is 1. The molecule has 3 aliphatic heterocycles. The molecule has 2 N–H and O–H groups in total. The van der Waals surface area contributed by atoms with Crippen molar-refractivity contribution >= 4 is 23.3 Å². The zero-order valence-corrected chi connectivity index (χ0v) is 15.7. The Labute approximate surface area is 159 Å². The van der Waals surface area contributed by atoms with Gasteiger partial charge in [-0.15, -0.1) is 10.2 Å². The molecular formula is C19H26ClN5O. The Kier molecular flexibility index (Phi) is 5.43. The van der Waals surface area contributed by atoms with Crippen LogP contribution in [0.3, 0.4) is 0 Å². The summed E-state index contributed by atoms with van der Waals surface area (Å²) in [6.07, 6.45) is 4.00. The first-order valence-corrected chi connectivity index (χ1v) is 9.78. The summed E-state index contributed by atoms with van der Waals surface area (Å²) in [6, 6.07) is 9.23. The molecule has 1 aromatic carbocycles. The Morgan fingerprint density at radius 3 is 2.58 bits per heavy atom. The van der Waals surface area contributed by atoms with Crippen LogP contribution >= 0.6 is 11.6 Å². The monoisotopic (exact) mass is 375 g/mol. The fraction of sp³-hybridized carbons (Fsp3) is 0.579. The number of piperidine rings is 1. The van der Waals surface area contributed by atoms with Crippen LogP contribution < -0.4 is 5.73 Å². The molecule has 0 spiro atoms. The highest BCUT2D eigenvalue weighted by molar-refractivity contribution is 6.30. The van der Waals surface area contributed by atoms with Gasteiger partial charge < -0.3 is 15.4 Å². The zero-order valence-electron chi connectivity index (χ0n) is 15.0. The SMILES string of the molecule is NC1=NN=C(N2CCC(N3CCOCC3Cc3ccc(Cl)cc3)CC2)C1. The first-order valence-electron chi connectivity index (χ1n) is 9.41. The second kappa shape index (κ2) is 7.94. The van der Waals surface area contributed by atoms with Gasteiger partial charge >= 0.3 is 0 Å². The molecule has 0 saturated carbocycles. The largest absolute Gasteiger partial charge is 0.385 e. The van der Waals surface area contributed by atoms with Crippen molar-refractivity contribution in [1.82, 2.24) is 9.80 Å². The molecule has 3 heterocycles. The van der Waals surface area contributed by atoms with Gasteiger partial charge in [-0.1, -0.05) is 23.7 Å². The van der Waals surface area contributed by atoms with Crippen LogP contribution in [-0.2, 0) is 11.2 Å². The maximum absolute atomic E-state index is 6.02. The highest BCUT2D eigenvalue weighted by atomic mass is 35.5. The lowest BCUT2D eigenvalue weighted by Crippen LogP contribution is -2.55. The molecule has 0 aliphatic carbocycles. The number of morpholine rings is 1. The van der Waals surface area contributed by atoms with Crippen LogP contribution in [0.4, 0.5) is 0 Å². The van der Waals surface area contributed by atoms with Crippen LogP contribution in [0.15, 0.2) is 34.5 Å². The molecule has 1 atom stereocenters. The van der Waals surface area contributed by atoms with E-state index < -0.39 is 0 Å². The predicted molar refractivity (Wildman–Crippen MR) is 105 cm³/mol. The summed E-state index contributed by atoms with van der Waals surface area (Å²) in [5, 5.41) is 8.98. The molecule has 6 nitrogen and oxygen atoms in total. The molecule has 0 aromatic heterocycles. The molecule has 1 aromatic rings. The highest BCUT2D eigenvalue weighted by Crippen LogP contribution is 2.24. The third-order valence-electron chi connectivity index (χ3n) is 5.59. The Hall–Kier alpha value is -1.63. The Morgan fingerprint density at radius 2 is 1.88 bits per heavy atom. The van der Waals surface area contributed by atoms with Crippen molar-refractivity contribution in [2.24, 2.45) is 15.9 Å². The lowest BCUT2D eigenvalue weighted by molar-refractivity contribution is -0.0379. The van der Waals surface area contributed by atoms with Crippen molar-refractivity contribution in [3.63, 3.8) is 0 Å². The summed E-state index contributed by atoms with van der Waals surface area (Å²) in [5.41, 5.74) is 7.07. The van der Waals surface area contributed by atoms with Gasteiger partial charge in [0.05, 0.1) is 19.6 Å². The number of amidine groups is 2. The van der Waals surface area contributed by atoms with Gasteiger partial charge in [0.1, 0.15) is 11.7 Å². The Bertz CT molecular complexity index is 682. The second-order valence-electron chi connectivity index (χ2n) is 7.30. The molecular weight excluding hydrogens is 350 g/mol. The number of likely N-dealkylation sites (tertiary alicyclic amines) is 1. The van der Waals surface area contributed by atoms with Crippen LogP contribution in [0.1, 0.15) is 24.8 Å². The quantitative estimate of drug-likeness (QED) is 0.878. The van der Waals surface area contributed by atoms with Crippen molar-refractivity contribution in [1.29, 1.82) is 0 Å². The van der Waals surface area contributed by atoms with Gasteiger partial charge in [-0.3, -0.25) is 4.90 Å². The van der Waals surface area contributed by atoms with Crippen molar-refractivity contribution in [3.05, 3.63) is 34.9 Å². The summed E-state index contributed by atoms with van der Waals surface area (Å²) in [5.74, 6) is 1.65. The summed E-state index contributed by atoms with van der Waals surface area (Å²) in [6.45, 7) is 4.70. The van der Waals surface area contributed by atoms with E-state index in [2.05, 4.69) is 32.1 Å². The molecule has 7 heteroatoms. The normalized spacial score (nSPS) is 25.3. The van der Waals surface area contributed by atoms with Crippen LogP contribution in [0, 0.1) is 0 Å². The standard InChI is InChI=1S/C19H26ClN5O/c20-15-3-1-14(2-4-15)11-17-13-26-10-9-25(17)16-5-7-24(8-6-16)19-12-18(21)22-23-19/h1-4,16-17H,5-13H2,(H2,21,22). The van der Waals surface area contributed by atoms with Gasteiger partial charge in [-0.05, 0) is 37.0 Å². The molecule has 0 amide bonds. The molecule has 140 valence electrons. The third kappa shape index (κ3) is 4.03. The Morgan fingerprint density at radius 1 is 1.12 bits per heavy atom. The van der Waals surface area contributed by atoms with Crippen molar-refractivity contribution in [2.75, 3.05) is 32.8 Å². The molecule has 0 radical (unpaired) electrons. The van der Waals surface area contributed by atoms with Gasteiger partial charge in [0, 0.05) is 36.7 Å². The topological polar surface area (TPSA) is 66.5 Å². The minimum absolute atomic E-state index is 0.435. The first kappa shape index (κ1) is 17.8. The fourth-order valence-electron chi connectivity index (χ4n) is 4.20. The van der Waals surface area contributed by atoms with Crippen molar-refractivity contribution in [2.45, 2.75) is 37.8 Å². The van der Waals surface area contributed by atoms with Gasteiger partial charge in [0.2, 0.25) is 0 Å². The maximum Gasteiger partial charge on any atom is 0.135 e. The molecule has 0 bridgehead atoms. The number of benzene rings is 1. The van der Waals surface area contributed by atoms with Crippen LogP contribution in [-0.4, -0.2) is 66.4 Å². The predicted octanol–water partition coefficient (Wildman–Crippen LogP) is 2.12. The molecule has 2 fully saturated rings. The average molecular weight is 376 g/mol.